The van der Waals surface area contributed by atoms with E-state index >= 15 is 0 Å². The van der Waals surface area contributed by atoms with Gasteiger partial charge in [-0.3, -0.25) is 14.0 Å². The molecule has 7 nitrogen and oxygen atoms in total. The fraction of sp³-hybridized carbons (Fsp3) is 0.471. The molecule has 1 N–H and O–H groups in total. The first-order valence-electron chi connectivity index (χ1n) is 8.12. The van der Waals surface area contributed by atoms with E-state index in [9.17, 15) is 9.59 Å². The Morgan fingerprint density at radius 1 is 1.38 bits per heavy atom. The van der Waals surface area contributed by atoms with E-state index in [2.05, 4.69) is 4.98 Å². The fourth-order valence-corrected chi connectivity index (χ4v) is 3.20. The van der Waals surface area contributed by atoms with Crippen molar-refractivity contribution in [3.63, 3.8) is 0 Å². The first-order valence-corrected chi connectivity index (χ1v) is 8.12. The normalized spacial score (nSPS) is 15.7. The van der Waals surface area contributed by atoms with Gasteiger partial charge in [-0.25, -0.2) is 4.98 Å². The van der Waals surface area contributed by atoms with Crippen molar-refractivity contribution in [1.82, 2.24) is 14.3 Å². The number of imidazole rings is 1. The molecular formula is C17H21N3O4. The van der Waals surface area contributed by atoms with Crippen LogP contribution >= 0.6 is 0 Å². The number of rotatable bonds is 4. The minimum absolute atomic E-state index is 0.101. The highest BCUT2D eigenvalue weighted by Crippen LogP contribution is 2.25. The van der Waals surface area contributed by atoms with Crippen molar-refractivity contribution < 1.29 is 19.4 Å². The smallest absolute Gasteiger partial charge is 0.306 e. The number of carboxylic acid groups (broad SMARTS) is 1. The number of aryl methyl sites for hydroxylation is 1. The average molecular weight is 331 g/mol. The Bertz CT molecular complexity index is 775. The average Bonchev–Trinajstić information content (AvgIpc) is 2.99. The van der Waals surface area contributed by atoms with E-state index in [1.165, 1.54) is 0 Å². The van der Waals surface area contributed by atoms with Gasteiger partial charge < -0.3 is 14.7 Å². The molecule has 0 aliphatic carbocycles. The van der Waals surface area contributed by atoms with Crippen LogP contribution in [0.1, 0.15) is 35.9 Å². The summed E-state index contributed by atoms with van der Waals surface area (Å²) in [5, 5.41) is 9.10. The molecule has 0 spiro atoms. The molecule has 0 radical (unpaired) electrons. The van der Waals surface area contributed by atoms with E-state index in [-0.39, 0.29) is 11.8 Å². The molecule has 3 rings (SSSR count). The Morgan fingerprint density at radius 3 is 2.67 bits per heavy atom. The SMILES string of the molecule is CCc1nc2c(OC)cccn2c1C(=O)N1CCC(C(=O)O)CC1. The zero-order chi connectivity index (χ0) is 17.3. The maximum atomic E-state index is 13.0. The van der Waals surface area contributed by atoms with Crippen molar-refractivity contribution in [3.8, 4) is 5.75 Å². The monoisotopic (exact) mass is 331 g/mol. The van der Waals surface area contributed by atoms with Crippen molar-refractivity contribution in [2.24, 2.45) is 5.92 Å². The Kier molecular flexibility index (Phi) is 4.42. The molecule has 1 fully saturated rings. The summed E-state index contributed by atoms with van der Waals surface area (Å²) in [4.78, 5) is 30.4. The quantitative estimate of drug-likeness (QED) is 0.924. The zero-order valence-electron chi connectivity index (χ0n) is 13.9. The standard InChI is InChI=1S/C17H21N3O4/c1-3-12-14(20-8-4-5-13(24-2)15(20)18-12)16(21)19-9-6-11(7-10-19)17(22)23/h4-5,8,11H,3,6-7,9-10H2,1-2H3,(H,22,23). The lowest BCUT2D eigenvalue weighted by molar-refractivity contribution is -0.143. The second kappa shape index (κ2) is 6.51. The van der Waals surface area contributed by atoms with Crippen LogP contribution in [0.15, 0.2) is 18.3 Å². The number of pyridine rings is 1. The van der Waals surface area contributed by atoms with Crippen LogP contribution in [0.5, 0.6) is 5.75 Å². The number of hydrogen-bond donors (Lipinski definition) is 1. The summed E-state index contributed by atoms with van der Waals surface area (Å²) < 4.78 is 7.10. The summed E-state index contributed by atoms with van der Waals surface area (Å²) >= 11 is 0. The molecule has 1 aliphatic rings. The van der Waals surface area contributed by atoms with Gasteiger partial charge in [-0.15, -0.1) is 0 Å². The summed E-state index contributed by atoms with van der Waals surface area (Å²) in [7, 11) is 1.58. The highest BCUT2D eigenvalue weighted by atomic mass is 16.5. The van der Waals surface area contributed by atoms with Crippen molar-refractivity contribution in [3.05, 3.63) is 29.7 Å². The number of methoxy groups -OCH3 is 1. The zero-order valence-corrected chi connectivity index (χ0v) is 13.9. The number of carbonyl (C=O) groups excluding carboxylic acids is 1. The lowest BCUT2D eigenvalue weighted by Gasteiger charge is -2.30. The lowest BCUT2D eigenvalue weighted by atomic mass is 9.97. The number of carboxylic acids is 1. The highest BCUT2D eigenvalue weighted by molar-refractivity contribution is 5.95. The van der Waals surface area contributed by atoms with Crippen LogP contribution < -0.4 is 4.74 Å². The minimum atomic E-state index is -0.782. The van der Waals surface area contributed by atoms with Gasteiger partial charge in [0.2, 0.25) is 0 Å². The predicted molar refractivity (Wildman–Crippen MR) is 87.4 cm³/mol. The van der Waals surface area contributed by atoms with Crippen molar-refractivity contribution >= 4 is 17.5 Å². The Labute approximate surface area is 139 Å². The molecule has 2 aromatic heterocycles. The molecule has 1 aliphatic heterocycles. The van der Waals surface area contributed by atoms with Gasteiger partial charge >= 0.3 is 5.97 Å². The molecule has 0 atom stereocenters. The number of carbonyl (C=O) groups is 2. The van der Waals surface area contributed by atoms with E-state index in [0.717, 1.165) is 5.69 Å². The molecule has 7 heteroatoms. The molecule has 24 heavy (non-hydrogen) atoms. The first-order chi connectivity index (χ1) is 11.6. The molecule has 1 amide bonds. The number of piperidine rings is 1. The molecule has 0 bridgehead atoms. The third-order valence-corrected chi connectivity index (χ3v) is 4.58. The van der Waals surface area contributed by atoms with Gasteiger partial charge in [0, 0.05) is 19.3 Å². The van der Waals surface area contributed by atoms with Crippen LogP contribution in [0.4, 0.5) is 0 Å². The van der Waals surface area contributed by atoms with Crippen LogP contribution in [-0.2, 0) is 11.2 Å². The number of nitrogens with zero attached hydrogens (tertiary/aromatic N) is 3. The summed E-state index contributed by atoms with van der Waals surface area (Å²) in [6.07, 6.45) is 3.42. The third-order valence-electron chi connectivity index (χ3n) is 4.58. The summed E-state index contributed by atoms with van der Waals surface area (Å²) in [6.45, 7) is 2.87. The molecule has 1 saturated heterocycles. The van der Waals surface area contributed by atoms with Crippen molar-refractivity contribution in [2.75, 3.05) is 20.2 Å². The predicted octanol–water partition coefficient (Wildman–Crippen LogP) is 1.84. The maximum Gasteiger partial charge on any atom is 0.306 e. The van der Waals surface area contributed by atoms with Gasteiger partial charge in [-0.1, -0.05) is 6.92 Å². The van der Waals surface area contributed by atoms with Crippen molar-refractivity contribution in [1.29, 1.82) is 0 Å². The fourth-order valence-electron chi connectivity index (χ4n) is 3.20. The van der Waals surface area contributed by atoms with E-state index in [4.69, 9.17) is 9.84 Å². The van der Waals surface area contributed by atoms with Crippen LogP contribution in [0.3, 0.4) is 0 Å². The van der Waals surface area contributed by atoms with Crippen LogP contribution in [0, 0.1) is 5.92 Å². The summed E-state index contributed by atoms with van der Waals surface area (Å²) in [5.74, 6) is -0.620. The second-order valence-electron chi connectivity index (χ2n) is 5.94. The van der Waals surface area contributed by atoms with Gasteiger partial charge in [-0.05, 0) is 31.4 Å². The Morgan fingerprint density at radius 2 is 2.08 bits per heavy atom. The van der Waals surface area contributed by atoms with E-state index < -0.39 is 5.97 Å². The van der Waals surface area contributed by atoms with Gasteiger partial charge in [-0.2, -0.15) is 0 Å². The van der Waals surface area contributed by atoms with Crippen LogP contribution in [0.25, 0.3) is 5.65 Å². The maximum absolute atomic E-state index is 13.0. The Hall–Kier alpha value is -2.57. The number of aliphatic carboxylic acids is 1. The number of likely N-dealkylation sites (tertiary alicyclic amines) is 1. The molecule has 3 heterocycles. The van der Waals surface area contributed by atoms with E-state index in [0.29, 0.717) is 49.4 Å². The molecule has 0 saturated carbocycles. The molecular weight excluding hydrogens is 310 g/mol. The molecule has 0 aromatic carbocycles. The van der Waals surface area contributed by atoms with E-state index in [1.54, 1.807) is 22.6 Å². The summed E-state index contributed by atoms with van der Waals surface area (Å²) in [5.41, 5.74) is 1.89. The largest absolute Gasteiger partial charge is 0.493 e. The second-order valence-corrected chi connectivity index (χ2v) is 5.94. The Balaban J connectivity index is 1.94. The minimum Gasteiger partial charge on any atom is -0.493 e. The number of fused-ring (bicyclic) bond motifs is 1. The number of ether oxygens (including phenoxy) is 1. The number of aromatic nitrogens is 2. The molecule has 128 valence electrons. The number of hydrogen-bond acceptors (Lipinski definition) is 4. The van der Waals surface area contributed by atoms with Gasteiger partial charge in [0.05, 0.1) is 18.7 Å². The first kappa shape index (κ1) is 16.3. The van der Waals surface area contributed by atoms with E-state index in [1.807, 2.05) is 19.1 Å². The molecule has 0 unspecified atom stereocenters. The third kappa shape index (κ3) is 2.70. The van der Waals surface area contributed by atoms with Crippen LogP contribution in [-0.4, -0.2) is 51.5 Å². The molecule has 2 aromatic rings. The highest BCUT2D eigenvalue weighted by Gasteiger charge is 2.30. The lowest BCUT2D eigenvalue weighted by Crippen LogP contribution is -2.41. The van der Waals surface area contributed by atoms with Gasteiger partial charge in [0.25, 0.3) is 5.91 Å². The topological polar surface area (TPSA) is 84.1 Å². The number of amides is 1. The van der Waals surface area contributed by atoms with Crippen LogP contribution in [0.2, 0.25) is 0 Å². The van der Waals surface area contributed by atoms with Gasteiger partial charge in [0.15, 0.2) is 11.4 Å². The van der Waals surface area contributed by atoms with Crippen molar-refractivity contribution in [2.45, 2.75) is 26.2 Å². The summed E-state index contributed by atoms with van der Waals surface area (Å²) in [6, 6.07) is 3.63. The van der Waals surface area contributed by atoms with Gasteiger partial charge in [0.1, 0.15) is 5.69 Å².